The molecule has 0 saturated carbocycles. The maximum absolute atomic E-state index is 11.6. The molecule has 0 aliphatic heterocycles. The van der Waals surface area contributed by atoms with Crippen molar-refractivity contribution in [3.8, 4) is 5.75 Å². The van der Waals surface area contributed by atoms with Crippen molar-refractivity contribution in [2.45, 2.75) is 0 Å². The standard InChI is InChI=1S/C10H9N3O2/c1-11-5-7-9(14)8-6(10(15)13-7)3-2-4-12-8/h2-5,14H,1H3,(H,13,15). The van der Waals surface area contributed by atoms with Crippen LogP contribution in [0.1, 0.15) is 5.69 Å². The molecule has 0 atom stereocenters. The van der Waals surface area contributed by atoms with Gasteiger partial charge in [-0.3, -0.25) is 14.8 Å². The SMILES string of the molecule is CN=Cc1[nH]c(=O)c2cccnc2c1O. The quantitative estimate of drug-likeness (QED) is 0.669. The highest BCUT2D eigenvalue weighted by Gasteiger charge is 2.08. The molecule has 5 nitrogen and oxygen atoms in total. The fourth-order valence-corrected chi connectivity index (χ4v) is 1.38. The van der Waals surface area contributed by atoms with Crippen LogP contribution in [0.15, 0.2) is 28.1 Å². The Hall–Kier alpha value is -2.17. The number of aromatic hydroxyl groups is 1. The number of nitrogens with zero attached hydrogens (tertiary/aromatic N) is 2. The summed E-state index contributed by atoms with van der Waals surface area (Å²) in [7, 11) is 1.56. The van der Waals surface area contributed by atoms with Crippen LogP contribution in [0.5, 0.6) is 5.75 Å². The zero-order valence-electron chi connectivity index (χ0n) is 8.06. The van der Waals surface area contributed by atoms with E-state index in [1.807, 2.05) is 0 Å². The number of pyridine rings is 2. The molecule has 2 N–H and O–H groups in total. The molecule has 2 heterocycles. The maximum Gasteiger partial charge on any atom is 0.258 e. The molecule has 0 amide bonds. The molecule has 15 heavy (non-hydrogen) atoms. The molecule has 0 saturated heterocycles. The monoisotopic (exact) mass is 203 g/mol. The van der Waals surface area contributed by atoms with Gasteiger partial charge >= 0.3 is 0 Å². The molecule has 2 rings (SSSR count). The summed E-state index contributed by atoms with van der Waals surface area (Å²) >= 11 is 0. The summed E-state index contributed by atoms with van der Waals surface area (Å²) in [6, 6.07) is 3.25. The van der Waals surface area contributed by atoms with Gasteiger partial charge in [-0.1, -0.05) is 0 Å². The van der Waals surface area contributed by atoms with Gasteiger partial charge in [0, 0.05) is 19.5 Å². The van der Waals surface area contributed by atoms with Gasteiger partial charge in [-0.05, 0) is 12.1 Å². The molecule has 0 unspecified atom stereocenters. The van der Waals surface area contributed by atoms with Crippen molar-refractivity contribution < 1.29 is 5.11 Å². The number of aromatic amines is 1. The number of hydrogen-bond donors (Lipinski definition) is 2. The predicted molar refractivity (Wildman–Crippen MR) is 57.5 cm³/mol. The van der Waals surface area contributed by atoms with Gasteiger partial charge in [0.25, 0.3) is 5.56 Å². The first-order chi connectivity index (χ1) is 7.24. The molecule has 76 valence electrons. The fourth-order valence-electron chi connectivity index (χ4n) is 1.38. The van der Waals surface area contributed by atoms with Gasteiger partial charge in [0.1, 0.15) is 11.2 Å². The van der Waals surface area contributed by atoms with Gasteiger partial charge in [-0.2, -0.15) is 0 Å². The Morgan fingerprint density at radius 3 is 3.13 bits per heavy atom. The fraction of sp³-hybridized carbons (Fsp3) is 0.100. The Balaban J connectivity index is 2.90. The van der Waals surface area contributed by atoms with Gasteiger partial charge in [0.15, 0.2) is 5.75 Å². The first-order valence-electron chi connectivity index (χ1n) is 4.36. The Kier molecular flexibility index (Phi) is 2.21. The summed E-state index contributed by atoms with van der Waals surface area (Å²) in [5.41, 5.74) is 0.274. The summed E-state index contributed by atoms with van der Waals surface area (Å²) < 4.78 is 0. The summed E-state index contributed by atoms with van der Waals surface area (Å²) in [5, 5.41) is 10.1. The maximum atomic E-state index is 11.6. The van der Waals surface area contributed by atoms with Gasteiger partial charge in [-0.25, -0.2) is 0 Å². The van der Waals surface area contributed by atoms with Crippen LogP contribution in [0.25, 0.3) is 10.9 Å². The lowest BCUT2D eigenvalue weighted by Crippen LogP contribution is -2.10. The van der Waals surface area contributed by atoms with E-state index in [9.17, 15) is 9.90 Å². The van der Waals surface area contributed by atoms with Gasteiger partial charge in [0.2, 0.25) is 0 Å². The molecule has 0 bridgehead atoms. The normalized spacial score (nSPS) is 11.3. The molecule has 0 radical (unpaired) electrons. The van der Waals surface area contributed by atoms with E-state index in [0.717, 1.165) is 0 Å². The van der Waals surface area contributed by atoms with Crippen molar-refractivity contribution in [2.24, 2.45) is 4.99 Å². The van der Waals surface area contributed by atoms with Crippen LogP contribution < -0.4 is 5.56 Å². The zero-order valence-corrected chi connectivity index (χ0v) is 8.06. The number of hydrogen-bond acceptors (Lipinski definition) is 4. The van der Waals surface area contributed by atoms with E-state index in [-0.39, 0.29) is 22.5 Å². The van der Waals surface area contributed by atoms with Crippen LogP contribution in [0.2, 0.25) is 0 Å². The summed E-state index contributed by atoms with van der Waals surface area (Å²) in [5.74, 6) is -0.0594. The molecule has 0 spiro atoms. The number of H-pyrrole nitrogens is 1. The van der Waals surface area contributed by atoms with Crippen LogP contribution in [-0.2, 0) is 0 Å². The second kappa shape index (κ2) is 3.53. The lowest BCUT2D eigenvalue weighted by Gasteiger charge is -2.02. The largest absolute Gasteiger partial charge is 0.504 e. The minimum atomic E-state index is -0.286. The molecule has 2 aromatic rings. The van der Waals surface area contributed by atoms with Crippen LogP contribution in [0.4, 0.5) is 0 Å². The highest BCUT2D eigenvalue weighted by molar-refractivity contribution is 5.92. The molecule has 0 fully saturated rings. The lowest BCUT2D eigenvalue weighted by atomic mass is 10.2. The third-order valence-corrected chi connectivity index (χ3v) is 2.04. The van der Waals surface area contributed by atoms with Crippen LogP contribution >= 0.6 is 0 Å². The van der Waals surface area contributed by atoms with Gasteiger partial charge in [0.05, 0.1) is 5.39 Å². The molecular formula is C10H9N3O2. The third kappa shape index (κ3) is 1.48. The average Bonchev–Trinajstić information content (AvgIpc) is 2.26. The van der Waals surface area contributed by atoms with E-state index in [4.69, 9.17) is 0 Å². The first kappa shape index (κ1) is 9.39. The van der Waals surface area contributed by atoms with E-state index in [0.29, 0.717) is 5.39 Å². The van der Waals surface area contributed by atoms with Gasteiger partial charge < -0.3 is 10.1 Å². The smallest absolute Gasteiger partial charge is 0.258 e. The number of fused-ring (bicyclic) bond motifs is 1. The van der Waals surface area contributed by atoms with Crippen molar-refractivity contribution in [3.05, 3.63) is 34.4 Å². The topological polar surface area (TPSA) is 78.3 Å². The van der Waals surface area contributed by atoms with Gasteiger partial charge in [-0.15, -0.1) is 0 Å². The summed E-state index contributed by atoms with van der Waals surface area (Å²) in [4.78, 5) is 21.8. The molecule has 2 aromatic heterocycles. The van der Waals surface area contributed by atoms with Crippen LogP contribution in [-0.4, -0.2) is 28.3 Å². The lowest BCUT2D eigenvalue weighted by molar-refractivity contribution is 0.476. The average molecular weight is 203 g/mol. The molecular weight excluding hydrogens is 194 g/mol. The van der Waals surface area contributed by atoms with E-state index in [1.54, 1.807) is 19.2 Å². The predicted octanol–water partition coefficient (Wildman–Crippen LogP) is 0.677. The number of aliphatic imine (C=N–C) groups is 1. The van der Waals surface area contributed by atoms with E-state index < -0.39 is 0 Å². The van der Waals surface area contributed by atoms with E-state index in [1.165, 1.54) is 12.4 Å². The molecule has 0 aromatic carbocycles. The first-order valence-corrected chi connectivity index (χ1v) is 4.36. The van der Waals surface area contributed by atoms with Crippen molar-refractivity contribution in [2.75, 3.05) is 7.05 Å². The second-order valence-corrected chi connectivity index (χ2v) is 3.00. The van der Waals surface area contributed by atoms with Crippen LogP contribution in [0.3, 0.4) is 0 Å². The third-order valence-electron chi connectivity index (χ3n) is 2.04. The van der Waals surface area contributed by atoms with Crippen LogP contribution in [0, 0.1) is 0 Å². The van der Waals surface area contributed by atoms with E-state index in [2.05, 4.69) is 15.0 Å². The number of nitrogens with one attached hydrogen (secondary N) is 1. The molecule has 0 aliphatic rings. The number of aromatic nitrogens is 2. The Bertz CT molecular complexity index is 587. The molecule has 0 aliphatic carbocycles. The van der Waals surface area contributed by atoms with Crippen molar-refractivity contribution in [3.63, 3.8) is 0 Å². The second-order valence-electron chi connectivity index (χ2n) is 3.00. The van der Waals surface area contributed by atoms with E-state index >= 15 is 0 Å². The minimum Gasteiger partial charge on any atom is -0.504 e. The summed E-state index contributed by atoms with van der Waals surface area (Å²) in [6.07, 6.45) is 2.90. The van der Waals surface area contributed by atoms with Crippen molar-refractivity contribution >= 4 is 17.1 Å². The minimum absolute atomic E-state index is 0.0594. The Labute approximate surface area is 85.1 Å². The highest BCUT2D eigenvalue weighted by atomic mass is 16.3. The summed E-state index contributed by atoms with van der Waals surface area (Å²) in [6.45, 7) is 0. The number of rotatable bonds is 1. The molecule has 5 heteroatoms. The van der Waals surface area contributed by atoms with Crippen molar-refractivity contribution in [1.82, 2.24) is 9.97 Å². The Morgan fingerprint density at radius 1 is 1.60 bits per heavy atom. The Morgan fingerprint density at radius 2 is 2.40 bits per heavy atom. The zero-order chi connectivity index (χ0) is 10.8. The highest BCUT2D eigenvalue weighted by Crippen LogP contribution is 2.20. The van der Waals surface area contributed by atoms with Crippen molar-refractivity contribution in [1.29, 1.82) is 0 Å².